The molecule has 0 saturated carbocycles. The number of pyridine rings is 1. The van der Waals surface area contributed by atoms with E-state index < -0.39 is 0 Å². The van der Waals surface area contributed by atoms with Gasteiger partial charge in [-0.25, -0.2) is 0 Å². The van der Waals surface area contributed by atoms with Gasteiger partial charge in [0.1, 0.15) is 0 Å². The molecular formula is C13H20N2S. The molecule has 3 heteroatoms. The summed E-state index contributed by atoms with van der Waals surface area (Å²) in [5.74, 6) is 2.54. The van der Waals surface area contributed by atoms with Crippen molar-refractivity contribution in [2.45, 2.75) is 32.9 Å². The Kier molecular flexibility index (Phi) is 3.87. The minimum Gasteiger partial charge on any atom is -0.309 e. The van der Waals surface area contributed by atoms with Crippen LogP contribution in [0.5, 0.6) is 0 Å². The Balaban J connectivity index is 1.90. The van der Waals surface area contributed by atoms with Gasteiger partial charge in [0.15, 0.2) is 0 Å². The number of rotatable bonds is 3. The molecule has 1 aliphatic heterocycles. The van der Waals surface area contributed by atoms with Gasteiger partial charge in [-0.2, -0.15) is 11.8 Å². The van der Waals surface area contributed by atoms with Gasteiger partial charge in [-0.15, -0.1) is 0 Å². The van der Waals surface area contributed by atoms with E-state index in [9.17, 15) is 0 Å². The maximum Gasteiger partial charge on any atom is 0.0271 e. The summed E-state index contributed by atoms with van der Waals surface area (Å²) < 4.78 is 0. The van der Waals surface area contributed by atoms with Crippen LogP contribution in [0.1, 0.15) is 25.8 Å². The predicted molar refractivity (Wildman–Crippen MR) is 70.6 cm³/mol. The molecule has 0 bridgehead atoms. The van der Waals surface area contributed by atoms with Gasteiger partial charge in [0.05, 0.1) is 0 Å². The highest BCUT2D eigenvalue weighted by atomic mass is 32.2. The summed E-state index contributed by atoms with van der Waals surface area (Å²) in [5, 5.41) is 3.68. The molecule has 2 rings (SSSR count). The molecule has 1 N–H and O–H groups in total. The van der Waals surface area contributed by atoms with E-state index in [2.05, 4.69) is 48.0 Å². The van der Waals surface area contributed by atoms with Crippen LogP contribution in [0.25, 0.3) is 0 Å². The molecule has 1 fully saturated rings. The zero-order valence-corrected chi connectivity index (χ0v) is 10.9. The summed E-state index contributed by atoms with van der Waals surface area (Å²) in [4.78, 5) is 4.04. The molecule has 88 valence electrons. The van der Waals surface area contributed by atoms with Crippen molar-refractivity contribution in [2.75, 3.05) is 11.5 Å². The lowest BCUT2D eigenvalue weighted by Gasteiger charge is -2.38. The molecular weight excluding hydrogens is 216 g/mol. The summed E-state index contributed by atoms with van der Waals surface area (Å²) in [7, 11) is 0. The number of nitrogens with one attached hydrogen (secondary N) is 1. The summed E-state index contributed by atoms with van der Waals surface area (Å²) >= 11 is 2.07. The van der Waals surface area contributed by atoms with Crippen molar-refractivity contribution in [1.82, 2.24) is 10.3 Å². The molecule has 1 saturated heterocycles. The molecule has 1 aliphatic rings. The Morgan fingerprint density at radius 2 is 2.19 bits per heavy atom. The van der Waals surface area contributed by atoms with Crippen molar-refractivity contribution in [3.05, 3.63) is 30.1 Å². The van der Waals surface area contributed by atoms with Crippen LogP contribution < -0.4 is 5.32 Å². The Hall–Kier alpha value is -0.540. The molecule has 2 nitrogen and oxygen atoms in total. The Morgan fingerprint density at radius 3 is 2.88 bits per heavy atom. The van der Waals surface area contributed by atoms with Crippen molar-refractivity contribution >= 4 is 11.8 Å². The highest BCUT2D eigenvalue weighted by molar-refractivity contribution is 7.99. The maximum absolute atomic E-state index is 4.04. The molecule has 0 aliphatic carbocycles. The van der Waals surface area contributed by atoms with Crippen molar-refractivity contribution in [3.8, 4) is 0 Å². The van der Waals surface area contributed by atoms with Gasteiger partial charge in [0.25, 0.3) is 0 Å². The van der Waals surface area contributed by atoms with Crippen LogP contribution in [0, 0.1) is 5.41 Å². The quantitative estimate of drug-likeness (QED) is 0.873. The second-order valence-corrected chi connectivity index (χ2v) is 6.25. The molecule has 0 aromatic carbocycles. The van der Waals surface area contributed by atoms with Crippen LogP contribution in [0.4, 0.5) is 0 Å². The predicted octanol–water partition coefficient (Wildman–Crippen LogP) is 2.70. The molecule has 1 unspecified atom stereocenters. The summed E-state index contributed by atoms with van der Waals surface area (Å²) in [6.07, 6.45) is 5.03. The van der Waals surface area contributed by atoms with E-state index in [1.807, 2.05) is 12.4 Å². The normalized spacial score (nSPS) is 24.2. The third-order valence-electron chi connectivity index (χ3n) is 3.42. The number of thioether (sulfide) groups is 1. The summed E-state index contributed by atoms with van der Waals surface area (Å²) in [5.41, 5.74) is 1.75. The van der Waals surface area contributed by atoms with E-state index in [4.69, 9.17) is 0 Å². The SMILES string of the molecule is CC1(C)CCSCC1NCc1ccncc1. The lowest BCUT2D eigenvalue weighted by Crippen LogP contribution is -2.46. The molecule has 1 atom stereocenters. The van der Waals surface area contributed by atoms with Gasteiger partial charge < -0.3 is 5.32 Å². The van der Waals surface area contributed by atoms with E-state index in [0.717, 1.165) is 6.54 Å². The van der Waals surface area contributed by atoms with Crippen LogP contribution in [0.3, 0.4) is 0 Å². The van der Waals surface area contributed by atoms with Crippen LogP contribution in [0.2, 0.25) is 0 Å². The topological polar surface area (TPSA) is 24.9 Å². The van der Waals surface area contributed by atoms with E-state index >= 15 is 0 Å². The lowest BCUT2D eigenvalue weighted by molar-refractivity contribution is 0.245. The van der Waals surface area contributed by atoms with Gasteiger partial charge in [-0.05, 0) is 35.3 Å². The first-order valence-electron chi connectivity index (χ1n) is 5.88. The minimum absolute atomic E-state index is 0.429. The van der Waals surface area contributed by atoms with Crippen molar-refractivity contribution in [2.24, 2.45) is 5.41 Å². The average Bonchev–Trinajstić information content (AvgIpc) is 2.28. The van der Waals surface area contributed by atoms with Crippen molar-refractivity contribution < 1.29 is 0 Å². The monoisotopic (exact) mass is 236 g/mol. The maximum atomic E-state index is 4.04. The Bertz CT molecular complexity index is 324. The minimum atomic E-state index is 0.429. The Morgan fingerprint density at radius 1 is 1.44 bits per heavy atom. The Labute approximate surface area is 102 Å². The van der Waals surface area contributed by atoms with Gasteiger partial charge in [0, 0.05) is 30.7 Å². The molecule has 1 aromatic heterocycles. The largest absolute Gasteiger partial charge is 0.309 e. The third-order valence-corrected chi connectivity index (χ3v) is 4.48. The van der Waals surface area contributed by atoms with Crippen molar-refractivity contribution in [1.29, 1.82) is 0 Å². The number of aromatic nitrogens is 1. The van der Waals surface area contributed by atoms with Crippen molar-refractivity contribution in [3.63, 3.8) is 0 Å². The van der Waals surface area contributed by atoms with E-state index in [-0.39, 0.29) is 0 Å². The van der Waals surface area contributed by atoms with Gasteiger partial charge in [-0.3, -0.25) is 4.98 Å². The highest BCUT2D eigenvalue weighted by Gasteiger charge is 2.31. The van der Waals surface area contributed by atoms with Gasteiger partial charge in [0.2, 0.25) is 0 Å². The fourth-order valence-electron chi connectivity index (χ4n) is 2.01. The average molecular weight is 236 g/mol. The van der Waals surface area contributed by atoms with Crippen LogP contribution in [-0.2, 0) is 6.54 Å². The van der Waals surface area contributed by atoms with E-state index in [1.54, 1.807) is 0 Å². The molecule has 16 heavy (non-hydrogen) atoms. The zero-order valence-electron chi connectivity index (χ0n) is 10.1. The summed E-state index contributed by atoms with van der Waals surface area (Å²) in [6.45, 7) is 5.70. The number of hydrogen-bond acceptors (Lipinski definition) is 3. The van der Waals surface area contributed by atoms with Crippen LogP contribution >= 0.6 is 11.8 Å². The second kappa shape index (κ2) is 5.19. The number of nitrogens with zero attached hydrogens (tertiary/aromatic N) is 1. The molecule has 2 heterocycles. The smallest absolute Gasteiger partial charge is 0.0271 e. The molecule has 0 amide bonds. The third kappa shape index (κ3) is 2.98. The fraction of sp³-hybridized carbons (Fsp3) is 0.615. The fourth-order valence-corrected chi connectivity index (χ4v) is 3.65. The molecule has 0 spiro atoms. The first-order chi connectivity index (χ1) is 7.68. The van der Waals surface area contributed by atoms with Gasteiger partial charge in [-0.1, -0.05) is 13.8 Å². The van der Waals surface area contributed by atoms with Crippen LogP contribution in [-0.4, -0.2) is 22.5 Å². The van der Waals surface area contributed by atoms with Crippen LogP contribution in [0.15, 0.2) is 24.5 Å². The number of hydrogen-bond donors (Lipinski definition) is 1. The lowest BCUT2D eigenvalue weighted by atomic mass is 9.82. The molecule has 0 radical (unpaired) electrons. The first-order valence-corrected chi connectivity index (χ1v) is 7.04. The van der Waals surface area contributed by atoms with E-state index in [0.29, 0.717) is 11.5 Å². The second-order valence-electron chi connectivity index (χ2n) is 5.10. The first kappa shape index (κ1) is 11.9. The highest BCUT2D eigenvalue weighted by Crippen LogP contribution is 2.34. The summed E-state index contributed by atoms with van der Waals surface area (Å²) in [6, 6.07) is 4.78. The van der Waals surface area contributed by atoms with Gasteiger partial charge >= 0.3 is 0 Å². The van der Waals surface area contributed by atoms with E-state index in [1.165, 1.54) is 23.5 Å². The zero-order chi connectivity index (χ0) is 11.4. The molecule has 1 aromatic rings. The standard InChI is InChI=1S/C13H20N2S/c1-13(2)5-8-16-10-12(13)15-9-11-3-6-14-7-4-11/h3-4,6-7,12,15H,5,8-10H2,1-2H3.